The van der Waals surface area contributed by atoms with Crippen molar-refractivity contribution in [3.8, 4) is 0 Å². The van der Waals surface area contributed by atoms with Crippen LogP contribution in [-0.4, -0.2) is 45.8 Å². The molecule has 9 heteroatoms. The van der Waals surface area contributed by atoms with Crippen LogP contribution in [-0.2, 0) is 15.8 Å². The minimum absolute atomic E-state index is 0.0839. The molecule has 2 bridgehead atoms. The number of imide groups is 1. The van der Waals surface area contributed by atoms with Crippen molar-refractivity contribution in [1.29, 1.82) is 0 Å². The topological polar surface area (TPSA) is 69.7 Å². The number of likely N-dealkylation sites (tertiary alicyclic amines) is 1. The monoisotopic (exact) mass is 395 g/mol. The van der Waals surface area contributed by atoms with Crippen LogP contribution < -0.4 is 5.32 Å². The lowest BCUT2D eigenvalue weighted by molar-refractivity contribution is -0.142. The van der Waals surface area contributed by atoms with Crippen LogP contribution in [0, 0.1) is 0 Å². The summed E-state index contributed by atoms with van der Waals surface area (Å²) in [5.41, 5.74) is -0.476. The Hall–Kier alpha value is -2.58. The van der Waals surface area contributed by atoms with Crippen molar-refractivity contribution in [2.24, 2.45) is 0 Å². The van der Waals surface area contributed by atoms with Crippen LogP contribution >= 0.6 is 0 Å². The number of rotatable bonds is 2. The zero-order chi connectivity index (χ0) is 20.1. The van der Waals surface area contributed by atoms with Gasteiger partial charge in [-0.15, -0.1) is 0 Å². The molecule has 0 radical (unpaired) electrons. The Morgan fingerprint density at radius 2 is 1.46 bits per heavy atom. The number of amides is 4. The van der Waals surface area contributed by atoms with Crippen molar-refractivity contribution < 1.29 is 27.6 Å². The molecular weight excluding hydrogens is 375 g/mol. The van der Waals surface area contributed by atoms with E-state index in [1.165, 1.54) is 17.0 Å². The average Bonchev–Trinajstić information content (AvgIpc) is 3.10. The minimum atomic E-state index is -4.42. The lowest BCUT2D eigenvalue weighted by Gasteiger charge is -2.41. The molecule has 2 unspecified atom stereocenters. The molecule has 0 aliphatic carbocycles. The number of anilines is 1. The Morgan fingerprint density at radius 1 is 0.929 bits per heavy atom. The third kappa shape index (κ3) is 3.33. The molecule has 3 heterocycles. The zero-order valence-electron chi connectivity index (χ0n) is 15.0. The van der Waals surface area contributed by atoms with Gasteiger partial charge in [0.1, 0.15) is 0 Å². The van der Waals surface area contributed by atoms with Gasteiger partial charge >= 0.3 is 12.2 Å². The van der Waals surface area contributed by atoms with Crippen molar-refractivity contribution in [3.05, 3.63) is 29.8 Å². The Morgan fingerprint density at radius 3 is 1.96 bits per heavy atom. The van der Waals surface area contributed by atoms with Gasteiger partial charge in [-0.05, 0) is 49.9 Å². The molecule has 1 N–H and O–H groups in total. The van der Waals surface area contributed by atoms with E-state index in [0.29, 0.717) is 18.5 Å². The Labute approximate surface area is 159 Å². The number of hydrogen-bond acceptors (Lipinski definition) is 3. The smallest absolute Gasteiger partial charge is 0.318 e. The van der Waals surface area contributed by atoms with E-state index in [4.69, 9.17) is 0 Å². The number of benzene rings is 1. The Kier molecular flexibility index (Phi) is 4.55. The number of carbonyl (C=O) groups is 3. The highest BCUT2D eigenvalue weighted by Crippen LogP contribution is 2.39. The molecule has 6 nitrogen and oxygen atoms in total. The van der Waals surface area contributed by atoms with Gasteiger partial charge in [-0.3, -0.25) is 14.5 Å². The molecule has 4 amide bonds. The summed E-state index contributed by atoms with van der Waals surface area (Å²) in [6, 6.07) is 3.63. The van der Waals surface area contributed by atoms with Gasteiger partial charge in [0.15, 0.2) is 0 Å². The number of nitrogens with zero attached hydrogens (tertiary/aromatic N) is 2. The third-order valence-corrected chi connectivity index (χ3v) is 5.86. The van der Waals surface area contributed by atoms with Gasteiger partial charge in [-0.1, -0.05) is 0 Å². The maximum Gasteiger partial charge on any atom is 0.416 e. The molecule has 150 valence electrons. The molecule has 3 saturated heterocycles. The molecule has 2 atom stereocenters. The van der Waals surface area contributed by atoms with E-state index < -0.39 is 11.7 Å². The van der Waals surface area contributed by atoms with Crippen molar-refractivity contribution in [1.82, 2.24) is 9.80 Å². The standard InChI is InChI=1S/C19H20F3N3O3/c20-19(21,22)11-1-3-12(4-2-11)23-18(28)24-13-5-6-14(24)10-15(9-13)25-16(26)7-8-17(25)27/h1-4,13-15H,5-10H2,(H,23,28). The van der Waals surface area contributed by atoms with E-state index >= 15 is 0 Å². The van der Waals surface area contributed by atoms with Gasteiger partial charge < -0.3 is 10.2 Å². The predicted molar refractivity (Wildman–Crippen MR) is 93.2 cm³/mol. The second kappa shape index (κ2) is 6.79. The molecule has 0 aromatic heterocycles. The summed E-state index contributed by atoms with van der Waals surface area (Å²) in [5, 5.41) is 2.67. The number of alkyl halides is 3. The number of nitrogens with one attached hydrogen (secondary N) is 1. The quantitative estimate of drug-likeness (QED) is 0.781. The van der Waals surface area contributed by atoms with Gasteiger partial charge in [0.2, 0.25) is 11.8 Å². The maximum atomic E-state index is 12.7. The van der Waals surface area contributed by atoms with E-state index in [1.807, 2.05) is 0 Å². The summed E-state index contributed by atoms with van der Waals surface area (Å²) < 4.78 is 38.0. The molecule has 4 rings (SSSR count). The fourth-order valence-corrected chi connectivity index (χ4v) is 4.62. The molecule has 0 spiro atoms. The predicted octanol–water partition coefficient (Wildman–Crippen LogP) is 3.38. The van der Waals surface area contributed by atoms with Crippen LogP contribution in [0.25, 0.3) is 0 Å². The number of hydrogen-bond donors (Lipinski definition) is 1. The van der Waals surface area contributed by atoms with Gasteiger partial charge in [-0.25, -0.2) is 4.79 Å². The van der Waals surface area contributed by atoms with Crippen LogP contribution in [0.15, 0.2) is 24.3 Å². The summed E-state index contributed by atoms with van der Waals surface area (Å²) in [6.07, 6.45) is -1.24. The number of carbonyl (C=O) groups excluding carboxylic acids is 3. The molecular formula is C19H20F3N3O3. The SMILES string of the molecule is O=C1CCC(=O)N1C1CC2CCC(C1)N2C(=O)Nc1ccc(C(F)(F)F)cc1. The van der Waals surface area contributed by atoms with Crippen molar-refractivity contribution >= 4 is 23.5 Å². The van der Waals surface area contributed by atoms with E-state index in [1.54, 1.807) is 4.90 Å². The van der Waals surface area contributed by atoms with Crippen LogP contribution in [0.3, 0.4) is 0 Å². The number of urea groups is 1. The Bertz CT molecular complexity index is 779. The average molecular weight is 395 g/mol. The normalized spacial score (nSPS) is 27.5. The highest BCUT2D eigenvalue weighted by molar-refractivity contribution is 6.02. The van der Waals surface area contributed by atoms with Gasteiger partial charge in [0.05, 0.1) is 5.56 Å². The van der Waals surface area contributed by atoms with E-state index in [-0.39, 0.29) is 48.8 Å². The van der Waals surface area contributed by atoms with Crippen molar-refractivity contribution in [2.75, 3.05) is 5.32 Å². The van der Waals surface area contributed by atoms with E-state index in [9.17, 15) is 27.6 Å². The summed E-state index contributed by atoms with van der Waals surface area (Å²) in [6.45, 7) is 0. The lowest BCUT2D eigenvalue weighted by Crippen LogP contribution is -2.54. The minimum Gasteiger partial charge on any atom is -0.318 e. The van der Waals surface area contributed by atoms with Gasteiger partial charge in [0.25, 0.3) is 0 Å². The van der Waals surface area contributed by atoms with E-state index in [2.05, 4.69) is 5.32 Å². The molecule has 1 aromatic rings. The second-order valence-corrected chi connectivity index (χ2v) is 7.58. The summed E-state index contributed by atoms with van der Waals surface area (Å²) in [5.74, 6) is -0.283. The lowest BCUT2D eigenvalue weighted by atomic mass is 9.96. The van der Waals surface area contributed by atoms with Crippen molar-refractivity contribution in [3.63, 3.8) is 0 Å². The summed E-state index contributed by atoms with van der Waals surface area (Å²) in [4.78, 5) is 39.8. The number of fused-ring (bicyclic) bond motifs is 2. The first-order chi connectivity index (χ1) is 13.2. The first-order valence-electron chi connectivity index (χ1n) is 9.35. The second-order valence-electron chi connectivity index (χ2n) is 7.58. The highest BCUT2D eigenvalue weighted by Gasteiger charge is 2.47. The first kappa shape index (κ1) is 18.8. The van der Waals surface area contributed by atoms with Gasteiger partial charge in [-0.2, -0.15) is 13.2 Å². The number of piperidine rings is 1. The summed E-state index contributed by atoms with van der Waals surface area (Å²) in [7, 11) is 0. The van der Waals surface area contributed by atoms with Crippen molar-refractivity contribution in [2.45, 2.75) is 62.8 Å². The maximum absolute atomic E-state index is 12.7. The molecule has 3 aliphatic rings. The molecule has 3 aliphatic heterocycles. The largest absolute Gasteiger partial charge is 0.416 e. The van der Waals surface area contributed by atoms with Crippen LogP contribution in [0.1, 0.15) is 44.1 Å². The van der Waals surface area contributed by atoms with Gasteiger partial charge in [0, 0.05) is 36.7 Å². The van der Waals surface area contributed by atoms with Crippen LogP contribution in [0.4, 0.5) is 23.7 Å². The fourth-order valence-electron chi connectivity index (χ4n) is 4.62. The molecule has 0 saturated carbocycles. The van der Waals surface area contributed by atoms with Crippen LogP contribution in [0.5, 0.6) is 0 Å². The molecule has 3 fully saturated rings. The zero-order valence-corrected chi connectivity index (χ0v) is 15.0. The molecule has 1 aromatic carbocycles. The fraction of sp³-hybridized carbons (Fsp3) is 0.526. The Balaban J connectivity index is 1.42. The summed E-state index contributed by atoms with van der Waals surface area (Å²) >= 11 is 0. The first-order valence-corrected chi connectivity index (χ1v) is 9.35. The molecule has 28 heavy (non-hydrogen) atoms. The third-order valence-electron chi connectivity index (χ3n) is 5.86. The highest BCUT2D eigenvalue weighted by atomic mass is 19.4. The van der Waals surface area contributed by atoms with Crippen LogP contribution in [0.2, 0.25) is 0 Å². The number of halogens is 3. The van der Waals surface area contributed by atoms with E-state index in [0.717, 1.165) is 25.0 Å².